The van der Waals surface area contributed by atoms with Crippen molar-refractivity contribution in [2.75, 3.05) is 21.3 Å². The van der Waals surface area contributed by atoms with Crippen molar-refractivity contribution >= 4 is 5.91 Å². The van der Waals surface area contributed by atoms with Gasteiger partial charge in [0.05, 0.1) is 27.6 Å². The molecule has 2 heterocycles. The van der Waals surface area contributed by atoms with Crippen LogP contribution >= 0.6 is 0 Å². The predicted octanol–water partition coefficient (Wildman–Crippen LogP) is 3.87. The second-order valence-corrected chi connectivity index (χ2v) is 6.68. The molecule has 0 aliphatic rings. The summed E-state index contributed by atoms with van der Waals surface area (Å²) in [5.41, 5.74) is 0.625. The van der Waals surface area contributed by atoms with E-state index in [9.17, 15) is 4.79 Å². The first-order valence-corrected chi connectivity index (χ1v) is 9.50. The summed E-state index contributed by atoms with van der Waals surface area (Å²) >= 11 is 0. The van der Waals surface area contributed by atoms with Crippen molar-refractivity contribution in [1.29, 1.82) is 0 Å². The van der Waals surface area contributed by atoms with Crippen LogP contribution in [0.1, 0.15) is 42.8 Å². The first-order valence-electron chi connectivity index (χ1n) is 9.50. The minimum atomic E-state index is -0.476. The van der Waals surface area contributed by atoms with E-state index in [1.54, 1.807) is 24.3 Å². The molecule has 0 unspecified atom stereocenters. The quantitative estimate of drug-likeness (QED) is 0.561. The molecule has 1 amide bonds. The third-order valence-corrected chi connectivity index (χ3v) is 4.88. The number of nitrogens with zero attached hydrogens (tertiary/aromatic N) is 2. The number of carbonyl (C=O) groups is 1. The Kier molecular flexibility index (Phi) is 6.61. The highest BCUT2D eigenvalue weighted by atomic mass is 16.5. The van der Waals surface area contributed by atoms with Gasteiger partial charge in [0.1, 0.15) is 6.04 Å². The monoisotopic (exact) mass is 415 g/mol. The van der Waals surface area contributed by atoms with Gasteiger partial charge in [0.25, 0.3) is 5.91 Å². The van der Waals surface area contributed by atoms with Crippen LogP contribution in [-0.4, -0.2) is 37.4 Å². The Labute approximate surface area is 174 Å². The number of hydrogen-bond acceptors (Lipinski definition) is 8. The number of aromatic nitrogens is 2. The maximum Gasteiger partial charge on any atom is 0.287 e. The van der Waals surface area contributed by atoms with Crippen molar-refractivity contribution < 1.29 is 27.9 Å². The van der Waals surface area contributed by atoms with Crippen LogP contribution in [-0.2, 0) is 0 Å². The second-order valence-electron chi connectivity index (χ2n) is 6.68. The number of benzene rings is 1. The van der Waals surface area contributed by atoms with Gasteiger partial charge in [-0.2, -0.15) is 4.98 Å². The highest BCUT2D eigenvalue weighted by Crippen LogP contribution is 2.40. The molecule has 0 spiro atoms. The van der Waals surface area contributed by atoms with Crippen LogP contribution in [0.2, 0.25) is 0 Å². The van der Waals surface area contributed by atoms with Gasteiger partial charge in [-0.1, -0.05) is 25.4 Å². The topological polar surface area (TPSA) is 109 Å². The minimum absolute atomic E-state index is 0.0529. The van der Waals surface area contributed by atoms with Crippen LogP contribution in [0.5, 0.6) is 17.2 Å². The smallest absolute Gasteiger partial charge is 0.287 e. The zero-order valence-electron chi connectivity index (χ0n) is 17.6. The van der Waals surface area contributed by atoms with Crippen LogP contribution in [0.3, 0.4) is 0 Å². The first-order chi connectivity index (χ1) is 14.5. The lowest BCUT2D eigenvalue weighted by Crippen LogP contribution is -2.32. The van der Waals surface area contributed by atoms with E-state index in [1.165, 1.54) is 27.6 Å². The molecular weight excluding hydrogens is 390 g/mol. The molecule has 0 saturated carbocycles. The lowest BCUT2D eigenvalue weighted by Gasteiger charge is -2.20. The van der Waals surface area contributed by atoms with E-state index in [2.05, 4.69) is 15.5 Å². The lowest BCUT2D eigenvalue weighted by molar-refractivity contribution is 0.0882. The van der Waals surface area contributed by atoms with Crippen molar-refractivity contribution in [2.45, 2.75) is 26.3 Å². The van der Waals surface area contributed by atoms with E-state index >= 15 is 0 Å². The fourth-order valence-electron chi connectivity index (χ4n) is 2.99. The van der Waals surface area contributed by atoms with Crippen LogP contribution in [0.25, 0.3) is 11.4 Å². The maximum absolute atomic E-state index is 12.5. The third-order valence-electron chi connectivity index (χ3n) is 4.88. The van der Waals surface area contributed by atoms with Gasteiger partial charge in [-0.05, 0) is 30.2 Å². The molecule has 0 aliphatic heterocycles. The molecule has 3 rings (SSSR count). The summed E-state index contributed by atoms with van der Waals surface area (Å²) in [6.45, 7) is 4.02. The molecule has 9 nitrogen and oxygen atoms in total. The Morgan fingerprint density at radius 1 is 1.17 bits per heavy atom. The molecule has 30 heavy (non-hydrogen) atoms. The molecule has 1 aromatic carbocycles. The summed E-state index contributed by atoms with van der Waals surface area (Å²) in [7, 11) is 4.60. The van der Waals surface area contributed by atoms with Gasteiger partial charge in [0.2, 0.25) is 17.5 Å². The van der Waals surface area contributed by atoms with E-state index in [0.717, 1.165) is 6.42 Å². The van der Waals surface area contributed by atoms with Crippen LogP contribution < -0.4 is 19.5 Å². The molecule has 0 fully saturated rings. The normalized spacial score (nSPS) is 12.8. The highest BCUT2D eigenvalue weighted by molar-refractivity contribution is 5.91. The lowest BCUT2D eigenvalue weighted by atomic mass is 9.99. The van der Waals surface area contributed by atoms with Crippen molar-refractivity contribution in [3.05, 3.63) is 42.2 Å². The number of furan rings is 1. The standard InChI is InChI=1S/C21H25N3O6/c1-6-12(2)17(22-20(25)14-8-7-9-29-14)21-23-19(24-30-21)13-10-15(26-3)18(28-5)16(11-13)27-4/h7-12,17H,6H2,1-5H3,(H,22,25)/t12-,17-/m0/s1. The van der Waals surface area contributed by atoms with Gasteiger partial charge in [-0.25, -0.2) is 0 Å². The summed E-state index contributed by atoms with van der Waals surface area (Å²) in [5.74, 6) is 1.97. The SMILES string of the molecule is CC[C@H](C)[C@H](NC(=O)c1ccco1)c1nc(-c2cc(OC)c(OC)c(OC)c2)no1. The summed E-state index contributed by atoms with van der Waals surface area (Å²) in [6, 6.07) is 6.24. The van der Waals surface area contributed by atoms with E-state index in [1.807, 2.05) is 13.8 Å². The van der Waals surface area contributed by atoms with Gasteiger partial charge < -0.3 is 28.5 Å². The van der Waals surface area contributed by atoms with Crippen molar-refractivity contribution in [3.63, 3.8) is 0 Å². The number of rotatable bonds is 9. The number of ether oxygens (including phenoxy) is 3. The molecular formula is C21H25N3O6. The molecule has 3 aromatic rings. The molecule has 160 valence electrons. The van der Waals surface area contributed by atoms with Gasteiger partial charge in [-0.15, -0.1) is 0 Å². The number of nitrogens with one attached hydrogen (secondary N) is 1. The molecule has 0 saturated heterocycles. The molecule has 2 aromatic heterocycles. The second kappa shape index (κ2) is 9.34. The van der Waals surface area contributed by atoms with Gasteiger partial charge in [-0.3, -0.25) is 4.79 Å². The number of carbonyl (C=O) groups excluding carboxylic acids is 1. The minimum Gasteiger partial charge on any atom is -0.493 e. The van der Waals surface area contributed by atoms with E-state index in [-0.39, 0.29) is 17.6 Å². The Balaban J connectivity index is 1.93. The first kappa shape index (κ1) is 21.2. The average molecular weight is 415 g/mol. The van der Waals surface area contributed by atoms with Crippen molar-refractivity contribution in [3.8, 4) is 28.6 Å². The third kappa shape index (κ3) is 4.24. The summed E-state index contributed by atoms with van der Waals surface area (Å²) in [5, 5.41) is 7.00. The van der Waals surface area contributed by atoms with Crippen LogP contribution in [0.15, 0.2) is 39.5 Å². The van der Waals surface area contributed by atoms with Gasteiger partial charge >= 0.3 is 0 Å². The maximum atomic E-state index is 12.5. The molecule has 0 radical (unpaired) electrons. The summed E-state index contributed by atoms with van der Waals surface area (Å²) < 4.78 is 26.8. The molecule has 9 heteroatoms. The van der Waals surface area contributed by atoms with Crippen molar-refractivity contribution in [2.24, 2.45) is 5.92 Å². The molecule has 1 N–H and O–H groups in total. The fourth-order valence-corrected chi connectivity index (χ4v) is 2.99. The zero-order valence-corrected chi connectivity index (χ0v) is 17.6. The van der Waals surface area contributed by atoms with E-state index < -0.39 is 6.04 Å². The fraction of sp³-hybridized carbons (Fsp3) is 0.381. The molecule has 0 bridgehead atoms. The zero-order chi connectivity index (χ0) is 21.7. The van der Waals surface area contributed by atoms with Crippen LogP contribution in [0.4, 0.5) is 0 Å². The number of hydrogen-bond donors (Lipinski definition) is 1. The van der Waals surface area contributed by atoms with Gasteiger partial charge in [0.15, 0.2) is 17.3 Å². The van der Waals surface area contributed by atoms with Gasteiger partial charge in [0, 0.05) is 5.56 Å². The average Bonchev–Trinajstić information content (AvgIpc) is 3.48. The van der Waals surface area contributed by atoms with Crippen molar-refractivity contribution in [1.82, 2.24) is 15.5 Å². The number of amides is 1. The Hall–Kier alpha value is -3.49. The highest BCUT2D eigenvalue weighted by Gasteiger charge is 2.28. The largest absolute Gasteiger partial charge is 0.493 e. The molecule has 2 atom stereocenters. The van der Waals surface area contributed by atoms with E-state index in [0.29, 0.717) is 34.5 Å². The Morgan fingerprint density at radius 2 is 1.87 bits per heavy atom. The predicted molar refractivity (Wildman–Crippen MR) is 108 cm³/mol. The Morgan fingerprint density at radius 3 is 2.40 bits per heavy atom. The van der Waals surface area contributed by atoms with Crippen LogP contribution in [0, 0.1) is 5.92 Å². The summed E-state index contributed by atoms with van der Waals surface area (Å²) in [6.07, 6.45) is 2.24. The summed E-state index contributed by atoms with van der Waals surface area (Å²) in [4.78, 5) is 17.0. The number of methoxy groups -OCH3 is 3. The molecule has 0 aliphatic carbocycles. The van der Waals surface area contributed by atoms with E-state index in [4.69, 9.17) is 23.2 Å². The Bertz CT molecular complexity index is 958.